The van der Waals surface area contributed by atoms with E-state index in [0.29, 0.717) is 30.7 Å². The standard InChI is InChI=1S/C23H20FIN4O2/c1-13-2-3-15(19(11-30)28-13)17-10-26-21(29-12-27-23(25)22(17)29)7-4-14-16-8-9-31-20(16)6-5-18(14)24/h2-3,5-6,10,12,30H,4,7-9,11H2,1H3. The van der Waals surface area contributed by atoms with E-state index in [-0.39, 0.29) is 12.4 Å². The molecule has 31 heavy (non-hydrogen) atoms. The molecule has 1 aliphatic heterocycles. The molecule has 4 heterocycles. The van der Waals surface area contributed by atoms with Crippen LogP contribution >= 0.6 is 22.6 Å². The summed E-state index contributed by atoms with van der Waals surface area (Å²) in [5.74, 6) is 1.39. The van der Waals surface area contributed by atoms with Gasteiger partial charge in [-0.05, 0) is 59.7 Å². The predicted molar refractivity (Wildman–Crippen MR) is 123 cm³/mol. The first-order chi connectivity index (χ1) is 15.1. The Kier molecular flexibility index (Phi) is 5.35. The molecule has 6 nitrogen and oxygen atoms in total. The number of hydrogen-bond acceptors (Lipinski definition) is 5. The summed E-state index contributed by atoms with van der Waals surface area (Å²) in [6.45, 7) is 2.34. The SMILES string of the molecule is Cc1ccc(-c2cnc(CCc3c(F)ccc4c3CCO4)n3cnc(I)c23)c(CO)n1. The highest BCUT2D eigenvalue weighted by Gasteiger charge is 2.21. The highest BCUT2D eigenvalue weighted by molar-refractivity contribution is 14.1. The van der Waals surface area contributed by atoms with E-state index in [4.69, 9.17) is 4.74 Å². The number of aryl methyl sites for hydroxylation is 2. The molecular weight excluding hydrogens is 510 g/mol. The number of ether oxygens (including phenoxy) is 1. The van der Waals surface area contributed by atoms with Crippen molar-refractivity contribution in [3.8, 4) is 16.9 Å². The number of aliphatic hydroxyl groups is 1. The lowest BCUT2D eigenvalue weighted by atomic mass is 9.99. The van der Waals surface area contributed by atoms with E-state index in [9.17, 15) is 9.50 Å². The molecule has 158 valence electrons. The molecule has 4 aromatic rings. The van der Waals surface area contributed by atoms with Gasteiger partial charge in [-0.2, -0.15) is 0 Å². The second-order valence-electron chi connectivity index (χ2n) is 7.55. The molecule has 1 N–H and O–H groups in total. The maximum Gasteiger partial charge on any atom is 0.127 e. The molecular formula is C23H20FIN4O2. The highest BCUT2D eigenvalue weighted by atomic mass is 127. The molecule has 0 fully saturated rings. The van der Waals surface area contributed by atoms with Crippen LogP contribution in [0.15, 0.2) is 36.8 Å². The van der Waals surface area contributed by atoms with Crippen LogP contribution in [0.4, 0.5) is 4.39 Å². The van der Waals surface area contributed by atoms with Gasteiger partial charge in [0.15, 0.2) is 0 Å². The molecule has 0 unspecified atom stereocenters. The molecule has 0 atom stereocenters. The topological polar surface area (TPSA) is 72.5 Å². The summed E-state index contributed by atoms with van der Waals surface area (Å²) in [5.41, 5.74) is 5.73. The third-order valence-electron chi connectivity index (χ3n) is 5.69. The summed E-state index contributed by atoms with van der Waals surface area (Å²) in [6, 6.07) is 7.06. The van der Waals surface area contributed by atoms with E-state index in [0.717, 1.165) is 49.6 Å². The van der Waals surface area contributed by atoms with Crippen LogP contribution in [0.1, 0.15) is 28.3 Å². The number of aromatic nitrogens is 4. The average molecular weight is 530 g/mol. The minimum atomic E-state index is -0.198. The van der Waals surface area contributed by atoms with Crippen LogP contribution < -0.4 is 4.74 Å². The quantitative estimate of drug-likeness (QED) is 0.395. The van der Waals surface area contributed by atoms with Crippen LogP contribution in [0.2, 0.25) is 0 Å². The second-order valence-corrected chi connectivity index (χ2v) is 8.57. The van der Waals surface area contributed by atoms with Gasteiger partial charge in [-0.1, -0.05) is 6.07 Å². The molecule has 0 spiro atoms. The van der Waals surface area contributed by atoms with Gasteiger partial charge in [-0.25, -0.2) is 14.4 Å². The molecule has 5 rings (SSSR count). The highest BCUT2D eigenvalue weighted by Crippen LogP contribution is 2.32. The largest absolute Gasteiger partial charge is 0.493 e. The van der Waals surface area contributed by atoms with Crippen molar-refractivity contribution < 1.29 is 14.2 Å². The van der Waals surface area contributed by atoms with Crippen LogP contribution in [0, 0.1) is 16.4 Å². The number of fused-ring (bicyclic) bond motifs is 2. The van der Waals surface area contributed by atoms with Crippen molar-refractivity contribution in [1.29, 1.82) is 0 Å². The fourth-order valence-corrected chi connectivity index (χ4v) is 4.88. The lowest BCUT2D eigenvalue weighted by Gasteiger charge is -2.13. The molecule has 0 aliphatic carbocycles. The smallest absolute Gasteiger partial charge is 0.127 e. The Morgan fingerprint density at radius 1 is 1.16 bits per heavy atom. The molecule has 0 saturated heterocycles. The third-order valence-corrected chi connectivity index (χ3v) is 6.48. The van der Waals surface area contributed by atoms with Crippen molar-refractivity contribution in [2.24, 2.45) is 0 Å². The lowest BCUT2D eigenvalue weighted by Crippen LogP contribution is -2.07. The molecule has 3 aromatic heterocycles. The zero-order chi connectivity index (χ0) is 21.5. The minimum absolute atomic E-state index is 0.157. The Bertz CT molecular complexity index is 1300. The van der Waals surface area contributed by atoms with Crippen molar-refractivity contribution in [3.05, 3.63) is 74.6 Å². The van der Waals surface area contributed by atoms with Gasteiger partial charge < -0.3 is 9.84 Å². The van der Waals surface area contributed by atoms with Crippen molar-refractivity contribution in [1.82, 2.24) is 19.4 Å². The number of nitrogens with zero attached hydrogens (tertiary/aromatic N) is 4. The Morgan fingerprint density at radius 2 is 2.03 bits per heavy atom. The van der Waals surface area contributed by atoms with Crippen molar-refractivity contribution >= 4 is 28.1 Å². The number of imidazole rings is 1. The fourth-order valence-electron chi connectivity index (χ4n) is 4.21. The Labute approximate surface area is 192 Å². The number of rotatable bonds is 5. The van der Waals surface area contributed by atoms with Crippen LogP contribution in [0.3, 0.4) is 0 Å². The maximum atomic E-state index is 14.5. The number of aliphatic hydroxyl groups excluding tert-OH is 1. The third kappa shape index (κ3) is 3.57. The lowest BCUT2D eigenvalue weighted by molar-refractivity contribution is 0.277. The Balaban J connectivity index is 1.55. The van der Waals surface area contributed by atoms with Gasteiger partial charge in [0, 0.05) is 41.4 Å². The van der Waals surface area contributed by atoms with Crippen LogP contribution in [-0.2, 0) is 25.9 Å². The first-order valence-electron chi connectivity index (χ1n) is 10.1. The van der Waals surface area contributed by atoms with Gasteiger partial charge in [-0.15, -0.1) is 0 Å². The molecule has 0 saturated carbocycles. The van der Waals surface area contributed by atoms with Gasteiger partial charge in [-0.3, -0.25) is 9.38 Å². The molecule has 0 amide bonds. The number of pyridine rings is 1. The normalized spacial score (nSPS) is 12.9. The van der Waals surface area contributed by atoms with Gasteiger partial charge in [0.25, 0.3) is 0 Å². The Morgan fingerprint density at radius 3 is 2.87 bits per heavy atom. The molecule has 1 aromatic carbocycles. The molecule has 8 heteroatoms. The predicted octanol–water partition coefficient (Wildman–Crippen LogP) is 4.06. The van der Waals surface area contributed by atoms with E-state index < -0.39 is 0 Å². The first kappa shape index (κ1) is 20.3. The summed E-state index contributed by atoms with van der Waals surface area (Å²) in [4.78, 5) is 13.6. The zero-order valence-corrected chi connectivity index (χ0v) is 19.1. The second kappa shape index (κ2) is 8.16. The fraction of sp³-hybridized carbons (Fsp3) is 0.261. The summed E-state index contributed by atoms with van der Waals surface area (Å²) in [6.07, 6.45) is 5.38. The van der Waals surface area contributed by atoms with Crippen LogP contribution in [0.5, 0.6) is 5.75 Å². The molecule has 1 aliphatic rings. The summed E-state index contributed by atoms with van der Waals surface area (Å²) in [7, 11) is 0. The van der Waals surface area contributed by atoms with E-state index in [1.54, 1.807) is 18.6 Å². The van der Waals surface area contributed by atoms with E-state index in [2.05, 4.69) is 37.5 Å². The molecule has 0 radical (unpaired) electrons. The zero-order valence-electron chi connectivity index (χ0n) is 16.9. The maximum absolute atomic E-state index is 14.5. The van der Waals surface area contributed by atoms with E-state index >= 15 is 0 Å². The summed E-state index contributed by atoms with van der Waals surface area (Å²) >= 11 is 2.20. The van der Waals surface area contributed by atoms with Crippen LogP contribution in [-0.4, -0.2) is 31.1 Å². The first-order valence-corrected chi connectivity index (χ1v) is 11.2. The number of benzene rings is 1. The van der Waals surface area contributed by atoms with Crippen molar-refractivity contribution in [2.45, 2.75) is 32.8 Å². The average Bonchev–Trinajstić information content (AvgIpc) is 3.40. The minimum Gasteiger partial charge on any atom is -0.493 e. The summed E-state index contributed by atoms with van der Waals surface area (Å²) in [5, 5.41) is 9.81. The summed E-state index contributed by atoms with van der Waals surface area (Å²) < 4.78 is 22.9. The van der Waals surface area contributed by atoms with Gasteiger partial charge >= 0.3 is 0 Å². The van der Waals surface area contributed by atoms with Crippen molar-refractivity contribution in [2.75, 3.05) is 6.61 Å². The van der Waals surface area contributed by atoms with E-state index in [1.807, 2.05) is 23.5 Å². The molecule has 0 bridgehead atoms. The van der Waals surface area contributed by atoms with Gasteiger partial charge in [0.1, 0.15) is 27.4 Å². The number of halogens is 2. The van der Waals surface area contributed by atoms with Crippen LogP contribution in [0.25, 0.3) is 16.6 Å². The van der Waals surface area contributed by atoms with Gasteiger partial charge in [0.05, 0.1) is 24.4 Å². The number of hydrogen-bond donors (Lipinski definition) is 1. The monoisotopic (exact) mass is 530 g/mol. The van der Waals surface area contributed by atoms with Crippen molar-refractivity contribution in [3.63, 3.8) is 0 Å². The van der Waals surface area contributed by atoms with Gasteiger partial charge in [0.2, 0.25) is 0 Å². The Hall–Kier alpha value is -2.59. The van der Waals surface area contributed by atoms with E-state index in [1.165, 1.54) is 6.07 Å².